The predicted molar refractivity (Wildman–Crippen MR) is 97.6 cm³/mol. The number of anilines is 3. The lowest BCUT2D eigenvalue weighted by atomic mass is 10.0. The van der Waals surface area contributed by atoms with Crippen molar-refractivity contribution in [2.45, 2.75) is 19.9 Å². The van der Waals surface area contributed by atoms with Crippen LogP contribution in [0.4, 0.5) is 26.0 Å². The number of aryl methyl sites for hydroxylation is 1. The highest BCUT2D eigenvalue weighted by atomic mass is 19.1. The zero-order valence-corrected chi connectivity index (χ0v) is 14.3. The second-order valence-corrected chi connectivity index (χ2v) is 6.39. The van der Waals surface area contributed by atoms with Crippen molar-refractivity contribution < 1.29 is 8.78 Å². The van der Waals surface area contributed by atoms with Gasteiger partial charge in [0.1, 0.15) is 17.5 Å². The summed E-state index contributed by atoms with van der Waals surface area (Å²) in [7, 11) is 0. The minimum absolute atomic E-state index is 0.0972. The molecular weight excluding hydrogens is 334 g/mol. The number of benzene rings is 1. The van der Waals surface area contributed by atoms with Gasteiger partial charge in [-0.2, -0.15) is 0 Å². The number of aromatic nitrogens is 2. The van der Waals surface area contributed by atoms with Gasteiger partial charge in [-0.1, -0.05) is 6.07 Å². The molecule has 0 unspecified atom stereocenters. The van der Waals surface area contributed by atoms with Crippen LogP contribution in [0.5, 0.6) is 0 Å². The molecule has 0 bridgehead atoms. The van der Waals surface area contributed by atoms with Crippen molar-refractivity contribution in [3.05, 3.63) is 77.2 Å². The summed E-state index contributed by atoms with van der Waals surface area (Å²) in [4.78, 5) is 11.2. The minimum atomic E-state index is -0.505. The molecule has 1 aliphatic heterocycles. The molecule has 0 radical (unpaired) electrons. The summed E-state index contributed by atoms with van der Waals surface area (Å²) in [5.74, 6) is -0.0285. The molecule has 0 saturated carbocycles. The average molecular weight is 352 g/mol. The molecule has 3 heterocycles. The lowest BCUT2D eigenvalue weighted by Gasteiger charge is -2.30. The number of nitrogens with one attached hydrogen (secondary N) is 1. The first-order chi connectivity index (χ1) is 12.6. The molecule has 0 fully saturated rings. The molecule has 132 valence electrons. The van der Waals surface area contributed by atoms with E-state index in [4.69, 9.17) is 0 Å². The Balaban J connectivity index is 1.60. The van der Waals surface area contributed by atoms with E-state index in [9.17, 15) is 8.78 Å². The molecule has 0 aliphatic carbocycles. The van der Waals surface area contributed by atoms with Gasteiger partial charge < -0.3 is 10.2 Å². The molecule has 0 amide bonds. The Morgan fingerprint density at radius 2 is 2.00 bits per heavy atom. The van der Waals surface area contributed by atoms with E-state index in [1.165, 1.54) is 0 Å². The van der Waals surface area contributed by atoms with Gasteiger partial charge in [0.05, 0.1) is 17.6 Å². The Morgan fingerprint density at radius 1 is 1.12 bits per heavy atom. The van der Waals surface area contributed by atoms with Crippen LogP contribution in [0.1, 0.15) is 16.8 Å². The Bertz CT molecular complexity index is 958. The molecule has 4 nitrogen and oxygen atoms in total. The topological polar surface area (TPSA) is 41.1 Å². The standard InChI is InChI=1S/C20H18F2N4/c1-13-3-2-7-23-20(13)26-8-6-18-14(12-26)9-16(11-24-18)25-19-10-15(21)4-5-17(19)22/h2-5,7,9-11,25H,6,8,12H2,1H3. The number of hydrogen-bond acceptors (Lipinski definition) is 4. The highest BCUT2D eigenvalue weighted by Gasteiger charge is 2.20. The van der Waals surface area contributed by atoms with Gasteiger partial charge in [-0.25, -0.2) is 13.8 Å². The summed E-state index contributed by atoms with van der Waals surface area (Å²) >= 11 is 0. The Hall–Kier alpha value is -3.02. The third-order valence-electron chi connectivity index (χ3n) is 4.53. The molecule has 0 spiro atoms. The SMILES string of the molecule is Cc1cccnc1N1CCc2ncc(Nc3cc(F)ccc3F)cc2C1. The molecule has 1 aliphatic rings. The summed E-state index contributed by atoms with van der Waals surface area (Å²) in [5.41, 5.74) is 3.94. The van der Waals surface area contributed by atoms with Crippen molar-refractivity contribution in [3.8, 4) is 0 Å². The minimum Gasteiger partial charge on any atom is -0.352 e. The van der Waals surface area contributed by atoms with Gasteiger partial charge in [0, 0.05) is 37.5 Å². The van der Waals surface area contributed by atoms with Crippen LogP contribution in [0, 0.1) is 18.6 Å². The first-order valence-corrected chi connectivity index (χ1v) is 8.46. The van der Waals surface area contributed by atoms with Crippen molar-refractivity contribution in [2.24, 2.45) is 0 Å². The van der Waals surface area contributed by atoms with E-state index >= 15 is 0 Å². The van der Waals surface area contributed by atoms with Gasteiger partial charge >= 0.3 is 0 Å². The van der Waals surface area contributed by atoms with Crippen molar-refractivity contribution in [1.29, 1.82) is 0 Å². The molecule has 1 aromatic carbocycles. The predicted octanol–water partition coefficient (Wildman–Crippen LogP) is 4.37. The van der Waals surface area contributed by atoms with Crippen LogP contribution in [-0.2, 0) is 13.0 Å². The molecule has 2 aromatic heterocycles. The Kier molecular flexibility index (Phi) is 4.24. The summed E-state index contributed by atoms with van der Waals surface area (Å²) in [6, 6.07) is 9.25. The molecule has 1 N–H and O–H groups in total. The van der Waals surface area contributed by atoms with Crippen LogP contribution in [0.2, 0.25) is 0 Å². The van der Waals surface area contributed by atoms with E-state index < -0.39 is 11.6 Å². The summed E-state index contributed by atoms with van der Waals surface area (Å²) < 4.78 is 27.2. The maximum absolute atomic E-state index is 13.9. The van der Waals surface area contributed by atoms with E-state index in [2.05, 4.69) is 20.2 Å². The highest BCUT2D eigenvalue weighted by molar-refractivity contribution is 5.61. The smallest absolute Gasteiger partial charge is 0.146 e. The quantitative estimate of drug-likeness (QED) is 0.760. The number of pyridine rings is 2. The zero-order valence-electron chi connectivity index (χ0n) is 14.3. The van der Waals surface area contributed by atoms with Gasteiger partial charge in [-0.15, -0.1) is 0 Å². The van der Waals surface area contributed by atoms with E-state index in [0.29, 0.717) is 12.2 Å². The lowest BCUT2D eigenvalue weighted by molar-refractivity contribution is 0.603. The third-order valence-corrected chi connectivity index (χ3v) is 4.53. The van der Waals surface area contributed by atoms with Crippen molar-refractivity contribution in [1.82, 2.24) is 9.97 Å². The van der Waals surface area contributed by atoms with Gasteiger partial charge in [0.25, 0.3) is 0 Å². The van der Waals surface area contributed by atoms with E-state index in [1.54, 1.807) is 12.4 Å². The number of fused-ring (bicyclic) bond motifs is 1. The van der Waals surface area contributed by atoms with Crippen molar-refractivity contribution in [3.63, 3.8) is 0 Å². The molecule has 26 heavy (non-hydrogen) atoms. The van der Waals surface area contributed by atoms with Crippen LogP contribution >= 0.6 is 0 Å². The average Bonchev–Trinajstić information content (AvgIpc) is 2.64. The van der Waals surface area contributed by atoms with Gasteiger partial charge in [-0.3, -0.25) is 4.98 Å². The summed E-state index contributed by atoms with van der Waals surface area (Å²) in [6.45, 7) is 3.57. The largest absolute Gasteiger partial charge is 0.352 e. The number of nitrogens with zero attached hydrogens (tertiary/aromatic N) is 3. The van der Waals surface area contributed by atoms with E-state index in [-0.39, 0.29) is 5.69 Å². The van der Waals surface area contributed by atoms with Crippen molar-refractivity contribution in [2.75, 3.05) is 16.8 Å². The normalized spacial score (nSPS) is 13.4. The maximum atomic E-state index is 13.9. The summed E-state index contributed by atoms with van der Waals surface area (Å²) in [6.07, 6.45) is 4.27. The molecule has 0 atom stereocenters. The fourth-order valence-corrected chi connectivity index (χ4v) is 3.23. The molecular formula is C20H18F2N4. The molecule has 0 saturated heterocycles. The summed E-state index contributed by atoms with van der Waals surface area (Å²) in [5, 5.41) is 2.92. The van der Waals surface area contributed by atoms with Crippen LogP contribution in [0.3, 0.4) is 0 Å². The van der Waals surface area contributed by atoms with E-state index in [0.717, 1.165) is 53.8 Å². The van der Waals surface area contributed by atoms with Crippen LogP contribution in [0.15, 0.2) is 48.8 Å². The van der Waals surface area contributed by atoms with Gasteiger partial charge in [0.15, 0.2) is 0 Å². The first-order valence-electron chi connectivity index (χ1n) is 8.46. The molecule has 6 heteroatoms. The number of halogens is 2. The number of rotatable bonds is 3. The third kappa shape index (κ3) is 3.22. The van der Waals surface area contributed by atoms with Crippen LogP contribution in [0.25, 0.3) is 0 Å². The van der Waals surface area contributed by atoms with Crippen LogP contribution < -0.4 is 10.2 Å². The maximum Gasteiger partial charge on any atom is 0.146 e. The van der Waals surface area contributed by atoms with Gasteiger partial charge in [0.2, 0.25) is 0 Å². The molecule has 4 rings (SSSR count). The van der Waals surface area contributed by atoms with E-state index in [1.807, 2.05) is 25.1 Å². The second-order valence-electron chi connectivity index (χ2n) is 6.39. The zero-order chi connectivity index (χ0) is 18.1. The fraction of sp³-hybridized carbons (Fsp3) is 0.200. The Morgan fingerprint density at radius 3 is 2.85 bits per heavy atom. The van der Waals surface area contributed by atoms with Gasteiger partial charge in [-0.05, 0) is 42.3 Å². The first kappa shape index (κ1) is 16.4. The monoisotopic (exact) mass is 352 g/mol. The second kappa shape index (κ2) is 6.71. The lowest BCUT2D eigenvalue weighted by Crippen LogP contribution is -2.32. The molecule has 3 aromatic rings. The Labute approximate surface area is 150 Å². The number of hydrogen-bond donors (Lipinski definition) is 1. The fourth-order valence-electron chi connectivity index (χ4n) is 3.23. The van der Waals surface area contributed by atoms with Crippen molar-refractivity contribution >= 4 is 17.2 Å². The highest BCUT2D eigenvalue weighted by Crippen LogP contribution is 2.27. The van der Waals surface area contributed by atoms with Crippen LogP contribution in [-0.4, -0.2) is 16.5 Å².